The SMILES string of the molecule is CC(C)(C)OC(=O)N1CC(CO)C2(CCS(=O)(=O)CC2)C1. The molecule has 2 heterocycles. The Bertz CT molecular complexity index is 494. The molecule has 1 atom stereocenters. The third kappa shape index (κ3) is 3.69. The third-order valence-corrected chi connectivity index (χ3v) is 6.16. The van der Waals surface area contributed by atoms with Gasteiger partial charge in [-0.15, -0.1) is 0 Å². The molecule has 1 spiro atoms. The monoisotopic (exact) mass is 319 g/mol. The smallest absolute Gasteiger partial charge is 0.410 e. The van der Waals surface area contributed by atoms with Gasteiger partial charge in [0.05, 0.1) is 11.5 Å². The topological polar surface area (TPSA) is 83.9 Å². The van der Waals surface area contributed by atoms with Crippen LogP contribution in [-0.4, -0.2) is 61.3 Å². The maximum atomic E-state index is 12.2. The van der Waals surface area contributed by atoms with Crippen LogP contribution in [0.25, 0.3) is 0 Å². The molecule has 0 saturated carbocycles. The van der Waals surface area contributed by atoms with E-state index in [4.69, 9.17) is 4.74 Å². The van der Waals surface area contributed by atoms with Crippen molar-refractivity contribution in [3.8, 4) is 0 Å². The van der Waals surface area contributed by atoms with E-state index in [0.29, 0.717) is 25.9 Å². The van der Waals surface area contributed by atoms with Gasteiger partial charge in [-0.3, -0.25) is 0 Å². The van der Waals surface area contributed by atoms with Crippen molar-refractivity contribution in [3.63, 3.8) is 0 Å². The quantitative estimate of drug-likeness (QED) is 0.781. The first-order chi connectivity index (χ1) is 9.57. The highest BCUT2D eigenvalue weighted by Gasteiger charge is 2.50. The Morgan fingerprint density at radius 3 is 2.38 bits per heavy atom. The number of ether oxygens (including phenoxy) is 1. The standard InChI is InChI=1S/C14H25NO5S/c1-13(2,3)20-12(17)15-8-11(9-16)14(10-15)4-6-21(18,19)7-5-14/h11,16H,4-10H2,1-3H3. The summed E-state index contributed by atoms with van der Waals surface area (Å²) in [5.41, 5.74) is -0.839. The van der Waals surface area contributed by atoms with E-state index < -0.39 is 15.4 Å². The molecule has 122 valence electrons. The number of nitrogens with zero attached hydrogens (tertiary/aromatic N) is 1. The Balaban J connectivity index is 2.09. The van der Waals surface area contributed by atoms with Crippen LogP contribution in [0.4, 0.5) is 4.79 Å². The number of aliphatic hydroxyl groups excluding tert-OH is 1. The molecule has 2 fully saturated rings. The predicted molar refractivity (Wildman–Crippen MR) is 78.7 cm³/mol. The molecule has 0 aliphatic carbocycles. The summed E-state index contributed by atoms with van der Waals surface area (Å²) < 4.78 is 28.6. The van der Waals surface area contributed by atoms with Gasteiger partial charge in [0.15, 0.2) is 0 Å². The van der Waals surface area contributed by atoms with Crippen molar-refractivity contribution in [2.45, 2.75) is 39.2 Å². The zero-order chi connectivity index (χ0) is 15.9. The van der Waals surface area contributed by atoms with Crippen molar-refractivity contribution in [3.05, 3.63) is 0 Å². The van der Waals surface area contributed by atoms with Crippen LogP contribution in [0.1, 0.15) is 33.6 Å². The first-order valence-electron chi connectivity index (χ1n) is 7.36. The van der Waals surface area contributed by atoms with E-state index in [9.17, 15) is 18.3 Å². The maximum Gasteiger partial charge on any atom is 0.410 e. The molecule has 7 heteroatoms. The van der Waals surface area contributed by atoms with E-state index in [1.807, 2.05) is 20.8 Å². The highest BCUT2D eigenvalue weighted by Crippen LogP contribution is 2.45. The van der Waals surface area contributed by atoms with Crippen LogP contribution in [0.15, 0.2) is 0 Å². The predicted octanol–water partition coefficient (Wildman–Crippen LogP) is 1.04. The molecule has 1 amide bonds. The average Bonchev–Trinajstić information content (AvgIpc) is 2.71. The minimum absolute atomic E-state index is 0.0284. The van der Waals surface area contributed by atoms with E-state index in [2.05, 4.69) is 0 Å². The van der Waals surface area contributed by atoms with Gasteiger partial charge in [-0.1, -0.05) is 0 Å². The summed E-state index contributed by atoms with van der Waals surface area (Å²) in [6.07, 6.45) is 0.644. The second-order valence-corrected chi connectivity index (χ2v) is 9.56. The number of carbonyl (C=O) groups is 1. The van der Waals surface area contributed by atoms with Gasteiger partial charge in [0, 0.05) is 25.6 Å². The van der Waals surface area contributed by atoms with Crippen LogP contribution in [0.3, 0.4) is 0 Å². The van der Waals surface area contributed by atoms with Crippen molar-refractivity contribution >= 4 is 15.9 Å². The Morgan fingerprint density at radius 2 is 1.90 bits per heavy atom. The van der Waals surface area contributed by atoms with Crippen molar-refractivity contribution in [1.82, 2.24) is 4.90 Å². The number of aliphatic hydroxyl groups is 1. The molecule has 0 aromatic carbocycles. The van der Waals surface area contributed by atoms with Gasteiger partial charge in [-0.05, 0) is 39.0 Å². The summed E-state index contributed by atoms with van der Waals surface area (Å²) in [7, 11) is -2.96. The molecule has 6 nitrogen and oxygen atoms in total. The number of hydrogen-bond acceptors (Lipinski definition) is 5. The number of rotatable bonds is 1. The van der Waals surface area contributed by atoms with Crippen molar-refractivity contribution in [2.24, 2.45) is 11.3 Å². The highest BCUT2D eigenvalue weighted by atomic mass is 32.2. The molecule has 21 heavy (non-hydrogen) atoms. The Hall–Kier alpha value is -0.820. The Kier molecular flexibility index (Phi) is 4.28. The molecule has 2 aliphatic heterocycles. The van der Waals surface area contributed by atoms with Crippen molar-refractivity contribution in [1.29, 1.82) is 0 Å². The van der Waals surface area contributed by atoms with E-state index in [-0.39, 0.29) is 35.5 Å². The van der Waals surface area contributed by atoms with Crippen LogP contribution in [0.5, 0.6) is 0 Å². The van der Waals surface area contributed by atoms with Gasteiger partial charge >= 0.3 is 6.09 Å². The lowest BCUT2D eigenvalue weighted by atomic mass is 9.74. The Labute approximate surface area is 126 Å². The van der Waals surface area contributed by atoms with E-state index in [1.165, 1.54) is 0 Å². The lowest BCUT2D eigenvalue weighted by Crippen LogP contribution is -2.41. The summed E-state index contributed by atoms with van der Waals surface area (Å²) in [5.74, 6) is 0.220. The number of likely N-dealkylation sites (tertiary alicyclic amines) is 1. The van der Waals surface area contributed by atoms with Crippen molar-refractivity contribution < 1.29 is 23.1 Å². The van der Waals surface area contributed by atoms with Gasteiger partial charge in [0.25, 0.3) is 0 Å². The second-order valence-electron chi connectivity index (χ2n) is 7.25. The number of amides is 1. The van der Waals surface area contributed by atoms with Crippen LogP contribution in [-0.2, 0) is 14.6 Å². The Morgan fingerprint density at radius 1 is 1.33 bits per heavy atom. The minimum atomic E-state index is -2.96. The molecule has 0 aromatic heterocycles. The normalized spacial score (nSPS) is 27.8. The summed E-state index contributed by atoms with van der Waals surface area (Å²) in [5, 5.41) is 9.62. The fourth-order valence-corrected chi connectivity index (χ4v) is 4.90. The van der Waals surface area contributed by atoms with Crippen LogP contribution in [0, 0.1) is 11.3 Å². The zero-order valence-electron chi connectivity index (χ0n) is 13.0. The first kappa shape index (κ1) is 16.5. The maximum absolute atomic E-state index is 12.2. The summed E-state index contributed by atoms with van der Waals surface area (Å²) in [6.45, 7) is 6.32. The van der Waals surface area contributed by atoms with Crippen LogP contribution < -0.4 is 0 Å². The average molecular weight is 319 g/mol. The molecular formula is C14H25NO5S. The lowest BCUT2D eigenvalue weighted by Gasteiger charge is -2.37. The molecule has 1 N–H and O–H groups in total. The fourth-order valence-electron chi connectivity index (χ4n) is 3.26. The first-order valence-corrected chi connectivity index (χ1v) is 9.18. The third-order valence-electron chi connectivity index (χ3n) is 4.51. The van der Waals surface area contributed by atoms with Gasteiger partial charge in [0.2, 0.25) is 0 Å². The van der Waals surface area contributed by atoms with Crippen LogP contribution in [0.2, 0.25) is 0 Å². The number of carbonyl (C=O) groups excluding carboxylic acids is 1. The molecule has 1 unspecified atom stereocenters. The molecular weight excluding hydrogens is 294 g/mol. The molecule has 0 bridgehead atoms. The molecule has 0 aromatic rings. The largest absolute Gasteiger partial charge is 0.444 e. The minimum Gasteiger partial charge on any atom is -0.444 e. The summed E-state index contributed by atoms with van der Waals surface area (Å²) in [4.78, 5) is 13.8. The van der Waals surface area contributed by atoms with Gasteiger partial charge in [-0.25, -0.2) is 13.2 Å². The van der Waals surface area contributed by atoms with E-state index >= 15 is 0 Å². The fraction of sp³-hybridized carbons (Fsp3) is 0.929. The number of hydrogen-bond donors (Lipinski definition) is 1. The van der Waals surface area contributed by atoms with E-state index in [0.717, 1.165) is 0 Å². The second kappa shape index (κ2) is 5.43. The van der Waals surface area contributed by atoms with Crippen molar-refractivity contribution in [2.75, 3.05) is 31.2 Å². The van der Waals surface area contributed by atoms with Gasteiger partial charge in [0.1, 0.15) is 15.4 Å². The molecule has 2 aliphatic rings. The van der Waals surface area contributed by atoms with Gasteiger partial charge < -0.3 is 14.7 Å². The van der Waals surface area contributed by atoms with Gasteiger partial charge in [-0.2, -0.15) is 0 Å². The summed E-state index contributed by atoms with van der Waals surface area (Å²) in [6, 6.07) is 0. The lowest BCUT2D eigenvalue weighted by molar-refractivity contribution is 0.0270. The zero-order valence-corrected chi connectivity index (χ0v) is 13.8. The number of sulfone groups is 1. The summed E-state index contributed by atoms with van der Waals surface area (Å²) >= 11 is 0. The molecule has 2 rings (SSSR count). The van der Waals surface area contributed by atoms with Crippen LogP contribution >= 0.6 is 0 Å². The molecule has 2 saturated heterocycles. The molecule has 0 radical (unpaired) electrons. The van der Waals surface area contributed by atoms with E-state index in [1.54, 1.807) is 4.90 Å². The highest BCUT2D eigenvalue weighted by molar-refractivity contribution is 7.91.